The highest BCUT2D eigenvalue weighted by Crippen LogP contribution is 2.41. The molecule has 4 atom stereocenters. The molecule has 1 aliphatic carbocycles. The number of anilines is 2. The molecule has 0 aliphatic heterocycles. The maximum Gasteiger partial charge on any atom is 0.413 e. The Labute approximate surface area is 247 Å². The third-order valence-corrected chi connectivity index (χ3v) is 7.52. The molecule has 0 radical (unpaired) electrons. The number of methoxy groups -OCH3 is 1. The number of amides is 1. The van der Waals surface area contributed by atoms with Crippen molar-refractivity contribution >= 4 is 40.5 Å². The van der Waals surface area contributed by atoms with Gasteiger partial charge in [0.05, 0.1) is 35.7 Å². The minimum absolute atomic E-state index is 0.0929. The summed E-state index contributed by atoms with van der Waals surface area (Å²) in [7, 11) is 2.70. The second-order valence-corrected chi connectivity index (χ2v) is 11.9. The van der Waals surface area contributed by atoms with Crippen molar-refractivity contribution in [2.75, 3.05) is 19.5 Å². The standard InChI is InChI=1S/C29H35ClF3N5O4/c1-16(41-6)23-21(14-34-38-15-22(30)36-25(23)38)35-20-11-9-17(10-12-20)24(29(31,32)33)37(5)26(39)18-7-8-19(13-18)27(40)42-28(2,3)4/h9-12,14-16,18-19,24,35H,7-8,13H2,1-6H3/t16-,18?,19?,24-/m0/s1. The van der Waals surface area contributed by atoms with Gasteiger partial charge in [-0.15, -0.1) is 0 Å². The summed E-state index contributed by atoms with van der Waals surface area (Å²) >= 11 is 6.06. The molecule has 42 heavy (non-hydrogen) atoms. The van der Waals surface area contributed by atoms with Crippen LogP contribution in [0.5, 0.6) is 0 Å². The number of nitrogens with zero attached hydrogens (tertiary/aromatic N) is 4. The Kier molecular flexibility index (Phi) is 9.08. The number of fused-ring (bicyclic) bond motifs is 1. The largest absolute Gasteiger partial charge is 0.460 e. The van der Waals surface area contributed by atoms with Gasteiger partial charge in [0.1, 0.15) is 10.8 Å². The van der Waals surface area contributed by atoms with Crippen LogP contribution in [0.25, 0.3) is 5.65 Å². The molecule has 0 spiro atoms. The number of halogens is 4. The third-order valence-electron chi connectivity index (χ3n) is 7.33. The van der Waals surface area contributed by atoms with E-state index in [2.05, 4.69) is 15.4 Å². The summed E-state index contributed by atoms with van der Waals surface area (Å²) in [6, 6.07) is 3.52. The zero-order chi connectivity index (χ0) is 31.0. The van der Waals surface area contributed by atoms with Crippen LogP contribution in [-0.4, -0.2) is 57.3 Å². The Morgan fingerprint density at radius 3 is 2.38 bits per heavy atom. The molecule has 0 saturated heterocycles. The van der Waals surface area contributed by atoms with Gasteiger partial charge in [-0.1, -0.05) is 23.7 Å². The number of ether oxygens (including phenoxy) is 2. The molecular formula is C29H35ClF3N5O4. The zero-order valence-corrected chi connectivity index (χ0v) is 25.1. The van der Waals surface area contributed by atoms with Crippen LogP contribution in [0.2, 0.25) is 5.15 Å². The maximum absolute atomic E-state index is 14.3. The van der Waals surface area contributed by atoms with Crippen molar-refractivity contribution in [3.05, 3.63) is 52.9 Å². The highest BCUT2D eigenvalue weighted by molar-refractivity contribution is 6.29. The van der Waals surface area contributed by atoms with Crippen molar-refractivity contribution in [2.45, 2.75) is 70.9 Å². The van der Waals surface area contributed by atoms with Gasteiger partial charge in [-0.2, -0.15) is 18.3 Å². The lowest BCUT2D eigenvalue weighted by Crippen LogP contribution is -2.42. The molecule has 1 fully saturated rings. The first-order chi connectivity index (χ1) is 19.6. The SMILES string of the molecule is CO[C@@H](C)c1c(Nc2ccc([C@H](N(C)C(=O)C3CCC(C(=O)OC(C)(C)C)C3)C(F)(F)F)cc2)cnn2cc(Cl)nc12. The van der Waals surface area contributed by atoms with Gasteiger partial charge in [-0.3, -0.25) is 9.59 Å². The molecule has 1 saturated carbocycles. The predicted molar refractivity (Wildman–Crippen MR) is 151 cm³/mol. The van der Waals surface area contributed by atoms with Gasteiger partial charge in [0.15, 0.2) is 11.7 Å². The van der Waals surface area contributed by atoms with Crippen LogP contribution < -0.4 is 5.32 Å². The molecule has 13 heteroatoms. The smallest absolute Gasteiger partial charge is 0.413 e. The van der Waals surface area contributed by atoms with E-state index in [0.29, 0.717) is 35.4 Å². The van der Waals surface area contributed by atoms with Crippen LogP contribution in [0.3, 0.4) is 0 Å². The number of nitrogens with one attached hydrogen (secondary N) is 1. The summed E-state index contributed by atoms with van der Waals surface area (Å²) in [5.74, 6) is -2.29. The Bertz CT molecular complexity index is 1440. The summed E-state index contributed by atoms with van der Waals surface area (Å²) in [5, 5.41) is 7.73. The molecule has 1 amide bonds. The first-order valence-electron chi connectivity index (χ1n) is 13.6. The van der Waals surface area contributed by atoms with E-state index in [1.54, 1.807) is 40.3 Å². The number of aromatic nitrogens is 3. The summed E-state index contributed by atoms with van der Waals surface area (Å²) in [6.07, 6.45) is -1.13. The van der Waals surface area contributed by atoms with Gasteiger partial charge in [0.2, 0.25) is 5.91 Å². The van der Waals surface area contributed by atoms with Gasteiger partial charge in [0, 0.05) is 25.8 Å². The van der Waals surface area contributed by atoms with Gasteiger partial charge in [-0.25, -0.2) is 9.50 Å². The summed E-state index contributed by atoms with van der Waals surface area (Å²) in [5.41, 5.74) is 1.42. The van der Waals surface area contributed by atoms with Crippen molar-refractivity contribution in [1.82, 2.24) is 19.5 Å². The van der Waals surface area contributed by atoms with Crippen LogP contribution >= 0.6 is 11.6 Å². The fraction of sp³-hybridized carbons (Fsp3) is 0.517. The molecule has 1 N–H and O–H groups in total. The maximum atomic E-state index is 14.3. The average Bonchev–Trinajstić information content (AvgIpc) is 3.53. The zero-order valence-electron chi connectivity index (χ0n) is 24.3. The number of rotatable bonds is 8. The third kappa shape index (κ3) is 6.97. The minimum Gasteiger partial charge on any atom is -0.460 e. The Hall–Kier alpha value is -3.38. The minimum atomic E-state index is -4.72. The fourth-order valence-electron chi connectivity index (χ4n) is 5.30. The molecule has 1 aliphatic rings. The molecule has 0 bridgehead atoms. The highest BCUT2D eigenvalue weighted by atomic mass is 35.5. The molecule has 3 aromatic rings. The van der Waals surface area contributed by atoms with E-state index in [-0.39, 0.29) is 17.1 Å². The topological polar surface area (TPSA) is 98.1 Å². The van der Waals surface area contributed by atoms with Crippen LogP contribution in [-0.2, 0) is 19.1 Å². The molecule has 4 rings (SSSR count). The molecule has 228 valence electrons. The van der Waals surface area contributed by atoms with E-state index >= 15 is 0 Å². The van der Waals surface area contributed by atoms with E-state index < -0.39 is 47.6 Å². The summed E-state index contributed by atoms with van der Waals surface area (Å²) in [6.45, 7) is 7.06. The number of hydrogen-bond acceptors (Lipinski definition) is 7. The van der Waals surface area contributed by atoms with Crippen molar-refractivity contribution in [1.29, 1.82) is 0 Å². The quantitative estimate of drug-likeness (QED) is 0.285. The molecular weight excluding hydrogens is 575 g/mol. The van der Waals surface area contributed by atoms with E-state index in [1.165, 1.54) is 28.8 Å². The first kappa shape index (κ1) is 31.6. The van der Waals surface area contributed by atoms with Gasteiger partial charge < -0.3 is 19.7 Å². The van der Waals surface area contributed by atoms with Crippen LogP contribution in [0.1, 0.15) is 70.2 Å². The van der Waals surface area contributed by atoms with Gasteiger partial charge in [0.25, 0.3) is 0 Å². The van der Waals surface area contributed by atoms with E-state index in [1.807, 2.05) is 6.92 Å². The van der Waals surface area contributed by atoms with Crippen molar-refractivity contribution in [3.8, 4) is 0 Å². The first-order valence-corrected chi connectivity index (χ1v) is 14.0. The molecule has 1 aromatic carbocycles. The number of alkyl halides is 3. The van der Waals surface area contributed by atoms with Crippen molar-refractivity contribution in [3.63, 3.8) is 0 Å². The second-order valence-electron chi connectivity index (χ2n) is 11.6. The number of imidazole rings is 1. The highest BCUT2D eigenvalue weighted by Gasteiger charge is 2.47. The Morgan fingerprint density at radius 2 is 1.79 bits per heavy atom. The summed E-state index contributed by atoms with van der Waals surface area (Å²) < 4.78 is 55.5. The van der Waals surface area contributed by atoms with Crippen molar-refractivity contribution < 1.29 is 32.2 Å². The van der Waals surface area contributed by atoms with E-state index in [0.717, 1.165) is 11.9 Å². The molecule has 2 aromatic heterocycles. The number of hydrogen-bond donors (Lipinski definition) is 1. The lowest BCUT2D eigenvalue weighted by atomic mass is 9.99. The second kappa shape index (κ2) is 12.1. The lowest BCUT2D eigenvalue weighted by Gasteiger charge is -2.32. The number of benzene rings is 1. The molecule has 2 unspecified atom stereocenters. The van der Waals surface area contributed by atoms with Crippen molar-refractivity contribution in [2.24, 2.45) is 11.8 Å². The molecule has 2 heterocycles. The average molecular weight is 610 g/mol. The number of carbonyl (C=O) groups is 2. The monoisotopic (exact) mass is 609 g/mol. The summed E-state index contributed by atoms with van der Waals surface area (Å²) in [4.78, 5) is 30.7. The molecule has 9 nitrogen and oxygen atoms in total. The number of carbonyl (C=O) groups excluding carboxylic acids is 2. The van der Waals surface area contributed by atoms with Gasteiger partial charge >= 0.3 is 12.1 Å². The predicted octanol–water partition coefficient (Wildman–Crippen LogP) is 6.65. The van der Waals surface area contributed by atoms with E-state index in [9.17, 15) is 22.8 Å². The van der Waals surface area contributed by atoms with E-state index in [4.69, 9.17) is 21.1 Å². The van der Waals surface area contributed by atoms with Crippen LogP contribution in [0.4, 0.5) is 24.5 Å². The Morgan fingerprint density at radius 1 is 1.14 bits per heavy atom. The Balaban J connectivity index is 1.53. The number of esters is 1. The van der Waals surface area contributed by atoms with Crippen LogP contribution in [0.15, 0.2) is 36.7 Å². The van der Waals surface area contributed by atoms with Gasteiger partial charge in [-0.05, 0) is 64.7 Å². The van der Waals surface area contributed by atoms with Crippen LogP contribution in [0, 0.1) is 11.8 Å². The fourth-order valence-corrected chi connectivity index (χ4v) is 5.47. The lowest BCUT2D eigenvalue weighted by molar-refractivity contribution is -0.190. The normalized spacial score (nSPS) is 19.0.